The molecule has 2 bridgehead atoms. The maximum Gasteiger partial charge on any atom is -0.0169 e. The molecule has 12 heavy (non-hydrogen) atoms. The van der Waals surface area contributed by atoms with Crippen molar-refractivity contribution < 1.29 is 0 Å². The first-order chi connectivity index (χ1) is 5.90. The molecule has 0 saturated heterocycles. The number of hydrogen-bond acceptors (Lipinski definition) is 0. The third kappa shape index (κ3) is 0.739. The molecule has 3 rings (SSSR count). The van der Waals surface area contributed by atoms with E-state index in [2.05, 4.69) is 13.0 Å². The standard InChI is InChI=1S/C12H18/c1-2-8-6-9-7-12(8)11-5-3-4-10(9)11/h2,9-12H,3-7H2,1H3/b8-2+/t9-,10?,11?,12-/m0/s1. The molecule has 0 aromatic carbocycles. The molecule has 3 aliphatic carbocycles. The molecule has 0 aromatic rings. The zero-order valence-corrected chi connectivity index (χ0v) is 7.92. The van der Waals surface area contributed by atoms with E-state index in [1.54, 1.807) is 19.3 Å². The monoisotopic (exact) mass is 162 g/mol. The summed E-state index contributed by atoms with van der Waals surface area (Å²) in [5.74, 6) is 4.41. The zero-order chi connectivity index (χ0) is 8.13. The Morgan fingerprint density at radius 1 is 1.25 bits per heavy atom. The van der Waals surface area contributed by atoms with Crippen molar-refractivity contribution >= 4 is 0 Å². The summed E-state index contributed by atoms with van der Waals surface area (Å²) in [6, 6.07) is 0. The SMILES string of the molecule is C/C=C1\C[C@H]2C[C@@H]1C1CCCC12. The first kappa shape index (κ1) is 7.17. The normalized spacial score (nSPS) is 53.6. The van der Waals surface area contributed by atoms with Gasteiger partial charge >= 0.3 is 0 Å². The molecule has 4 atom stereocenters. The Morgan fingerprint density at radius 2 is 2.08 bits per heavy atom. The third-order valence-electron chi connectivity index (χ3n) is 4.65. The van der Waals surface area contributed by atoms with Crippen molar-refractivity contribution in [2.24, 2.45) is 23.7 Å². The lowest BCUT2D eigenvalue weighted by atomic mass is 9.79. The van der Waals surface area contributed by atoms with E-state index >= 15 is 0 Å². The minimum Gasteiger partial charge on any atom is -0.0882 e. The lowest BCUT2D eigenvalue weighted by Gasteiger charge is -2.26. The zero-order valence-electron chi connectivity index (χ0n) is 7.92. The van der Waals surface area contributed by atoms with Gasteiger partial charge in [0.2, 0.25) is 0 Å². The van der Waals surface area contributed by atoms with E-state index in [1.165, 1.54) is 12.8 Å². The predicted octanol–water partition coefficient (Wildman–Crippen LogP) is 3.39. The number of allylic oxidation sites excluding steroid dienone is 2. The average Bonchev–Trinajstić information content (AvgIpc) is 2.75. The second kappa shape index (κ2) is 2.37. The molecule has 3 aliphatic rings. The van der Waals surface area contributed by atoms with Crippen LogP contribution in [0.2, 0.25) is 0 Å². The predicted molar refractivity (Wildman–Crippen MR) is 50.8 cm³/mol. The van der Waals surface area contributed by atoms with Crippen LogP contribution in [0.25, 0.3) is 0 Å². The fraction of sp³-hybridized carbons (Fsp3) is 0.833. The molecule has 0 heterocycles. The van der Waals surface area contributed by atoms with E-state index < -0.39 is 0 Å². The summed E-state index contributed by atoms with van der Waals surface area (Å²) < 4.78 is 0. The summed E-state index contributed by atoms with van der Waals surface area (Å²) in [6.45, 7) is 2.24. The molecule has 0 N–H and O–H groups in total. The van der Waals surface area contributed by atoms with Crippen molar-refractivity contribution in [1.82, 2.24) is 0 Å². The van der Waals surface area contributed by atoms with E-state index in [-0.39, 0.29) is 0 Å². The van der Waals surface area contributed by atoms with Crippen molar-refractivity contribution in [3.8, 4) is 0 Å². The van der Waals surface area contributed by atoms with Crippen molar-refractivity contribution in [2.45, 2.75) is 39.0 Å². The second-order valence-corrected chi connectivity index (χ2v) is 4.93. The molecule has 0 radical (unpaired) electrons. The number of fused-ring (bicyclic) bond motifs is 5. The molecule has 66 valence electrons. The van der Waals surface area contributed by atoms with Crippen LogP contribution in [0.5, 0.6) is 0 Å². The lowest BCUT2D eigenvalue weighted by Crippen LogP contribution is -2.18. The second-order valence-electron chi connectivity index (χ2n) is 4.93. The maximum atomic E-state index is 2.40. The summed E-state index contributed by atoms with van der Waals surface area (Å²) in [5, 5.41) is 0. The van der Waals surface area contributed by atoms with Gasteiger partial charge < -0.3 is 0 Å². The van der Waals surface area contributed by atoms with Crippen molar-refractivity contribution in [2.75, 3.05) is 0 Å². The summed E-state index contributed by atoms with van der Waals surface area (Å²) in [5.41, 5.74) is 1.81. The Bertz CT molecular complexity index is 226. The highest BCUT2D eigenvalue weighted by atomic mass is 14.6. The summed E-state index contributed by atoms with van der Waals surface area (Å²) in [6.07, 6.45) is 10.0. The Morgan fingerprint density at radius 3 is 2.92 bits per heavy atom. The van der Waals surface area contributed by atoms with Crippen LogP contribution in [0.15, 0.2) is 11.6 Å². The molecule has 3 saturated carbocycles. The highest BCUT2D eigenvalue weighted by Crippen LogP contribution is 2.60. The van der Waals surface area contributed by atoms with Crippen molar-refractivity contribution in [3.05, 3.63) is 11.6 Å². The van der Waals surface area contributed by atoms with E-state index in [0.717, 1.165) is 23.7 Å². The molecule has 3 fully saturated rings. The first-order valence-electron chi connectivity index (χ1n) is 5.55. The van der Waals surface area contributed by atoms with E-state index in [1.807, 2.05) is 5.57 Å². The number of rotatable bonds is 0. The summed E-state index contributed by atoms with van der Waals surface area (Å²) in [7, 11) is 0. The van der Waals surface area contributed by atoms with Crippen LogP contribution in [0.4, 0.5) is 0 Å². The average molecular weight is 162 g/mol. The topological polar surface area (TPSA) is 0 Å². The lowest BCUT2D eigenvalue weighted by molar-refractivity contribution is 0.304. The van der Waals surface area contributed by atoms with Crippen LogP contribution in [0.3, 0.4) is 0 Å². The molecular weight excluding hydrogens is 144 g/mol. The van der Waals surface area contributed by atoms with Gasteiger partial charge in [-0.25, -0.2) is 0 Å². The van der Waals surface area contributed by atoms with Crippen molar-refractivity contribution in [1.29, 1.82) is 0 Å². The van der Waals surface area contributed by atoms with E-state index in [9.17, 15) is 0 Å². The fourth-order valence-electron chi connectivity index (χ4n) is 4.23. The van der Waals surface area contributed by atoms with Gasteiger partial charge in [0, 0.05) is 0 Å². The van der Waals surface area contributed by atoms with Gasteiger partial charge in [0.25, 0.3) is 0 Å². The maximum absolute atomic E-state index is 2.40. The molecule has 0 aromatic heterocycles. The Hall–Kier alpha value is -0.260. The van der Waals surface area contributed by atoms with Gasteiger partial charge in [-0.05, 0) is 56.3 Å². The molecular formula is C12H18. The van der Waals surface area contributed by atoms with Crippen molar-refractivity contribution in [3.63, 3.8) is 0 Å². The number of hydrogen-bond donors (Lipinski definition) is 0. The van der Waals surface area contributed by atoms with E-state index in [4.69, 9.17) is 0 Å². The molecule has 0 aliphatic heterocycles. The largest absolute Gasteiger partial charge is 0.0882 e. The highest BCUT2D eigenvalue weighted by Gasteiger charge is 2.50. The van der Waals surface area contributed by atoms with Crippen LogP contribution < -0.4 is 0 Å². The molecule has 0 heteroatoms. The third-order valence-corrected chi connectivity index (χ3v) is 4.65. The van der Waals surface area contributed by atoms with Gasteiger partial charge in [-0.2, -0.15) is 0 Å². The van der Waals surface area contributed by atoms with Gasteiger partial charge in [-0.1, -0.05) is 18.1 Å². The van der Waals surface area contributed by atoms with Crippen LogP contribution >= 0.6 is 0 Å². The molecule has 0 spiro atoms. The Balaban J connectivity index is 1.92. The fourth-order valence-corrected chi connectivity index (χ4v) is 4.23. The van der Waals surface area contributed by atoms with E-state index in [0.29, 0.717) is 0 Å². The summed E-state index contributed by atoms with van der Waals surface area (Å²) >= 11 is 0. The van der Waals surface area contributed by atoms with Gasteiger partial charge in [0.1, 0.15) is 0 Å². The molecule has 2 unspecified atom stereocenters. The van der Waals surface area contributed by atoms with Gasteiger partial charge in [-0.15, -0.1) is 0 Å². The molecule has 0 amide bonds. The van der Waals surface area contributed by atoms with Crippen LogP contribution in [-0.4, -0.2) is 0 Å². The van der Waals surface area contributed by atoms with Crippen LogP contribution in [0, 0.1) is 23.7 Å². The van der Waals surface area contributed by atoms with Gasteiger partial charge in [0.05, 0.1) is 0 Å². The van der Waals surface area contributed by atoms with Gasteiger partial charge in [0.15, 0.2) is 0 Å². The first-order valence-corrected chi connectivity index (χ1v) is 5.55. The smallest absolute Gasteiger partial charge is 0.0169 e. The summed E-state index contributed by atoms with van der Waals surface area (Å²) in [4.78, 5) is 0. The minimum absolute atomic E-state index is 1.03. The van der Waals surface area contributed by atoms with Gasteiger partial charge in [-0.3, -0.25) is 0 Å². The van der Waals surface area contributed by atoms with Crippen LogP contribution in [-0.2, 0) is 0 Å². The Kier molecular flexibility index (Phi) is 1.42. The Labute approximate surface area is 75.0 Å². The minimum atomic E-state index is 1.03. The highest BCUT2D eigenvalue weighted by molar-refractivity contribution is 5.21. The van der Waals surface area contributed by atoms with Crippen LogP contribution in [0.1, 0.15) is 39.0 Å². The quantitative estimate of drug-likeness (QED) is 0.479. The molecule has 0 nitrogen and oxygen atoms in total.